The van der Waals surface area contributed by atoms with Gasteiger partial charge in [0.15, 0.2) is 6.29 Å². The minimum absolute atomic E-state index is 0.179. The van der Waals surface area contributed by atoms with Crippen LogP contribution in [0.3, 0.4) is 0 Å². The van der Waals surface area contributed by atoms with Gasteiger partial charge in [0.05, 0.1) is 6.61 Å². The Morgan fingerprint density at radius 3 is 1.41 bits per heavy atom. The van der Waals surface area contributed by atoms with Crippen LogP contribution in [-0.2, 0) is 34.0 Å². The summed E-state index contributed by atoms with van der Waals surface area (Å²) in [5, 5.41) is 0. The highest BCUT2D eigenvalue weighted by Gasteiger charge is 2.50. The molecule has 6 N–H and O–H groups in total. The van der Waals surface area contributed by atoms with E-state index in [0.29, 0.717) is 58.7 Å². The Bertz CT molecular complexity index is 1080. The van der Waals surface area contributed by atoms with Crippen molar-refractivity contribution in [2.24, 2.45) is 17.2 Å². The molecule has 0 radical (unpaired) electrons. The maximum Gasteiger partial charge on any atom is 0.186 e. The maximum atomic E-state index is 7.15. The highest BCUT2D eigenvalue weighted by Crippen LogP contribution is 2.41. The first-order valence-electron chi connectivity index (χ1n) is 15.6. The van der Waals surface area contributed by atoms with Crippen molar-refractivity contribution in [1.82, 2.24) is 0 Å². The molecule has 0 saturated carbocycles. The predicted molar refractivity (Wildman–Crippen MR) is 171 cm³/mol. The lowest BCUT2D eigenvalue weighted by Crippen LogP contribution is -2.62. The average molecular weight is 608 g/mol. The average Bonchev–Trinajstić information content (AvgIpc) is 3.08. The molecule has 5 atom stereocenters. The fourth-order valence-electron chi connectivity index (χ4n) is 5.65. The maximum absolute atomic E-state index is 7.15. The fraction of sp³-hybridized carbons (Fsp3) is 0.486. The Morgan fingerprint density at radius 2 is 1.00 bits per heavy atom. The first kappa shape index (κ1) is 34.2. The second kappa shape index (κ2) is 18.3. The standard InChI is InChI=1S/C35H49N3O6/c1-39-34-33(42-25-13-22-38)32(41-24-12-21-37)31(40-23-11-20-36)30(44-34)26-43-35(27-14-5-2-6-15-27,28-16-7-3-8-17-28)29-18-9-4-10-19-29/h2-10,14-19,30-34H,11-13,20-26,36-38H2,1H3/t30-,31+,32+,33-,34+/m1/s1. The van der Waals surface area contributed by atoms with Gasteiger partial charge in [0.25, 0.3) is 0 Å². The zero-order chi connectivity index (χ0) is 31.0. The molecule has 240 valence electrons. The largest absolute Gasteiger partial charge is 0.373 e. The van der Waals surface area contributed by atoms with Crippen molar-refractivity contribution < 1.29 is 28.4 Å². The van der Waals surface area contributed by atoms with Gasteiger partial charge in [-0.3, -0.25) is 0 Å². The van der Waals surface area contributed by atoms with E-state index in [1.54, 1.807) is 7.11 Å². The molecule has 0 aliphatic carbocycles. The van der Waals surface area contributed by atoms with E-state index in [-0.39, 0.29) is 6.61 Å². The second-order valence-electron chi connectivity index (χ2n) is 10.8. The summed E-state index contributed by atoms with van der Waals surface area (Å²) in [6, 6.07) is 30.7. The minimum Gasteiger partial charge on any atom is -0.373 e. The van der Waals surface area contributed by atoms with E-state index in [0.717, 1.165) is 16.7 Å². The van der Waals surface area contributed by atoms with Crippen LogP contribution in [0, 0.1) is 0 Å². The van der Waals surface area contributed by atoms with E-state index < -0.39 is 36.3 Å². The van der Waals surface area contributed by atoms with Crippen LogP contribution in [-0.4, -0.2) is 83.9 Å². The van der Waals surface area contributed by atoms with Gasteiger partial charge in [0.1, 0.15) is 30.0 Å². The van der Waals surface area contributed by atoms with Crippen LogP contribution < -0.4 is 17.2 Å². The van der Waals surface area contributed by atoms with Gasteiger partial charge in [-0.15, -0.1) is 0 Å². The molecule has 0 amide bonds. The smallest absolute Gasteiger partial charge is 0.186 e. The van der Waals surface area contributed by atoms with Crippen LogP contribution in [0.2, 0.25) is 0 Å². The van der Waals surface area contributed by atoms with Crippen LogP contribution in [0.25, 0.3) is 0 Å². The number of benzene rings is 3. The topological polar surface area (TPSA) is 133 Å². The fourth-order valence-corrected chi connectivity index (χ4v) is 5.65. The quantitative estimate of drug-likeness (QED) is 0.138. The molecule has 3 aromatic rings. The van der Waals surface area contributed by atoms with Gasteiger partial charge in [0, 0.05) is 26.9 Å². The summed E-state index contributed by atoms with van der Waals surface area (Å²) < 4.78 is 38.8. The van der Waals surface area contributed by atoms with Gasteiger partial charge in [-0.05, 0) is 55.6 Å². The summed E-state index contributed by atoms with van der Waals surface area (Å²) in [4.78, 5) is 0. The van der Waals surface area contributed by atoms with Crippen molar-refractivity contribution in [3.8, 4) is 0 Å². The summed E-state index contributed by atoms with van der Waals surface area (Å²) in [5.41, 5.74) is 19.5. The summed E-state index contributed by atoms with van der Waals surface area (Å²) in [6.45, 7) is 3.03. The Balaban J connectivity index is 1.74. The molecular weight excluding hydrogens is 558 g/mol. The molecule has 0 bridgehead atoms. The molecule has 1 fully saturated rings. The molecule has 1 aliphatic heterocycles. The first-order chi connectivity index (χ1) is 21.7. The third-order valence-electron chi connectivity index (χ3n) is 7.80. The molecular formula is C35H49N3O6. The van der Waals surface area contributed by atoms with Gasteiger partial charge in [-0.2, -0.15) is 0 Å². The van der Waals surface area contributed by atoms with Gasteiger partial charge < -0.3 is 45.6 Å². The molecule has 0 unspecified atom stereocenters. The van der Waals surface area contributed by atoms with E-state index in [9.17, 15) is 0 Å². The summed E-state index contributed by atoms with van der Waals surface area (Å²) >= 11 is 0. The highest BCUT2D eigenvalue weighted by molar-refractivity contribution is 5.47. The normalized spacial score (nSPS) is 22.2. The van der Waals surface area contributed by atoms with Crippen LogP contribution in [0.5, 0.6) is 0 Å². The van der Waals surface area contributed by atoms with E-state index in [2.05, 4.69) is 36.4 Å². The summed E-state index contributed by atoms with van der Waals surface area (Å²) in [6.07, 6.45) is -0.734. The lowest BCUT2D eigenvalue weighted by molar-refractivity contribution is -0.320. The Labute approximate surface area is 261 Å². The predicted octanol–water partition coefficient (Wildman–Crippen LogP) is 3.57. The van der Waals surface area contributed by atoms with Crippen LogP contribution in [0.4, 0.5) is 0 Å². The molecule has 0 aromatic heterocycles. The van der Waals surface area contributed by atoms with Crippen molar-refractivity contribution in [2.75, 3.05) is 53.2 Å². The minimum atomic E-state index is -0.929. The van der Waals surface area contributed by atoms with Crippen LogP contribution in [0.1, 0.15) is 36.0 Å². The number of hydrogen-bond acceptors (Lipinski definition) is 9. The zero-order valence-electron chi connectivity index (χ0n) is 25.8. The lowest BCUT2D eigenvalue weighted by Gasteiger charge is -2.46. The second-order valence-corrected chi connectivity index (χ2v) is 10.8. The number of rotatable bonds is 19. The number of hydrogen-bond donors (Lipinski definition) is 3. The third-order valence-corrected chi connectivity index (χ3v) is 7.80. The Hall–Kier alpha value is -2.70. The molecule has 4 rings (SSSR count). The molecule has 9 heteroatoms. The van der Waals surface area contributed by atoms with Gasteiger partial charge >= 0.3 is 0 Å². The Morgan fingerprint density at radius 1 is 0.591 bits per heavy atom. The van der Waals surface area contributed by atoms with Crippen molar-refractivity contribution in [3.05, 3.63) is 108 Å². The highest BCUT2D eigenvalue weighted by atomic mass is 16.7. The van der Waals surface area contributed by atoms with Crippen molar-refractivity contribution in [1.29, 1.82) is 0 Å². The van der Waals surface area contributed by atoms with E-state index in [1.165, 1.54) is 0 Å². The third kappa shape index (κ3) is 8.51. The lowest BCUT2D eigenvalue weighted by atomic mass is 9.80. The number of methoxy groups -OCH3 is 1. The van der Waals surface area contributed by atoms with Gasteiger partial charge in [-0.1, -0.05) is 91.0 Å². The van der Waals surface area contributed by atoms with E-state index in [4.69, 9.17) is 45.6 Å². The van der Waals surface area contributed by atoms with Gasteiger partial charge in [0.2, 0.25) is 0 Å². The van der Waals surface area contributed by atoms with Gasteiger partial charge in [-0.25, -0.2) is 0 Å². The molecule has 3 aromatic carbocycles. The molecule has 1 saturated heterocycles. The monoisotopic (exact) mass is 607 g/mol. The zero-order valence-corrected chi connectivity index (χ0v) is 25.8. The van der Waals surface area contributed by atoms with Crippen LogP contribution >= 0.6 is 0 Å². The SMILES string of the molecule is CO[C@H]1O[C@H](COC(c2ccccc2)(c2ccccc2)c2ccccc2)[C@H](OCCCN)[C@H](OCCCN)[C@H]1OCCCN. The van der Waals surface area contributed by atoms with Crippen LogP contribution in [0.15, 0.2) is 91.0 Å². The number of nitrogens with two attached hydrogens (primary N) is 3. The molecule has 44 heavy (non-hydrogen) atoms. The van der Waals surface area contributed by atoms with E-state index in [1.807, 2.05) is 54.6 Å². The molecule has 9 nitrogen and oxygen atoms in total. The van der Waals surface area contributed by atoms with Crippen molar-refractivity contribution in [2.45, 2.75) is 55.6 Å². The molecule has 0 spiro atoms. The molecule has 1 heterocycles. The first-order valence-corrected chi connectivity index (χ1v) is 15.6. The Kier molecular flexibility index (Phi) is 14.2. The summed E-state index contributed by atoms with van der Waals surface area (Å²) in [5.74, 6) is 0. The summed E-state index contributed by atoms with van der Waals surface area (Å²) in [7, 11) is 1.61. The number of ether oxygens (including phenoxy) is 6. The van der Waals surface area contributed by atoms with E-state index >= 15 is 0 Å². The van der Waals surface area contributed by atoms with Crippen molar-refractivity contribution in [3.63, 3.8) is 0 Å². The molecule has 1 aliphatic rings. The van der Waals surface area contributed by atoms with Crippen molar-refractivity contribution >= 4 is 0 Å².